The lowest BCUT2D eigenvalue weighted by Gasteiger charge is -2.23. The second kappa shape index (κ2) is 6.87. The third-order valence-electron chi connectivity index (χ3n) is 2.65. The van der Waals surface area contributed by atoms with E-state index in [2.05, 4.69) is 5.32 Å². The molecule has 1 rings (SSSR count). The van der Waals surface area contributed by atoms with Crippen LogP contribution in [0.15, 0.2) is 23.1 Å². The highest BCUT2D eigenvalue weighted by atomic mass is 35.5. The summed E-state index contributed by atoms with van der Waals surface area (Å²) in [6, 6.07) is 4.86. The number of rotatable bonds is 4. The van der Waals surface area contributed by atoms with Crippen molar-refractivity contribution in [3.8, 4) is 0 Å². The van der Waals surface area contributed by atoms with Crippen LogP contribution in [-0.2, 0) is 0 Å². The molecule has 0 aliphatic rings. The summed E-state index contributed by atoms with van der Waals surface area (Å²) in [5.74, 6) is 0. The number of likely N-dealkylation sites (N-methyl/N-ethyl adjacent to an activating group) is 1. The van der Waals surface area contributed by atoms with E-state index in [9.17, 15) is 4.79 Å². The molecule has 0 saturated carbocycles. The summed E-state index contributed by atoms with van der Waals surface area (Å²) in [5.41, 5.74) is 0.639. The summed E-state index contributed by atoms with van der Waals surface area (Å²) >= 11 is 7.61. The maximum Gasteiger partial charge on any atom is 0.321 e. The summed E-state index contributed by atoms with van der Waals surface area (Å²) < 4.78 is 0. The SMILES string of the molecule is CSc1ccc(NC(=O)N(C)C(C)CO)cc1Cl. The number of hydrogen-bond acceptors (Lipinski definition) is 3. The number of urea groups is 1. The Balaban J connectivity index is 2.73. The number of anilines is 1. The fourth-order valence-electron chi connectivity index (χ4n) is 1.28. The molecule has 0 aromatic heterocycles. The predicted molar refractivity (Wildman–Crippen MR) is 76.6 cm³/mol. The lowest BCUT2D eigenvalue weighted by molar-refractivity contribution is 0.166. The molecule has 2 N–H and O–H groups in total. The Kier molecular flexibility index (Phi) is 5.78. The average molecular weight is 289 g/mol. The lowest BCUT2D eigenvalue weighted by Crippen LogP contribution is -2.40. The van der Waals surface area contributed by atoms with E-state index in [0.717, 1.165) is 4.90 Å². The van der Waals surface area contributed by atoms with Gasteiger partial charge in [0.25, 0.3) is 0 Å². The highest BCUT2D eigenvalue weighted by molar-refractivity contribution is 7.98. The quantitative estimate of drug-likeness (QED) is 0.838. The molecule has 0 aliphatic heterocycles. The first kappa shape index (κ1) is 15.1. The number of thioether (sulfide) groups is 1. The van der Waals surface area contributed by atoms with Crippen LogP contribution in [0.5, 0.6) is 0 Å². The standard InChI is InChI=1S/C12H17ClN2O2S/c1-8(7-16)15(2)12(17)14-9-4-5-11(18-3)10(13)6-9/h4-6,8,16H,7H2,1-3H3,(H,14,17). The minimum atomic E-state index is -0.274. The number of halogens is 1. The molecule has 1 aromatic rings. The van der Waals surface area contributed by atoms with Gasteiger partial charge in [0, 0.05) is 17.6 Å². The van der Waals surface area contributed by atoms with E-state index in [4.69, 9.17) is 16.7 Å². The molecule has 0 radical (unpaired) electrons. The number of aliphatic hydroxyl groups excluding tert-OH is 1. The molecule has 0 heterocycles. The van der Waals surface area contributed by atoms with E-state index in [1.165, 1.54) is 4.90 Å². The van der Waals surface area contributed by atoms with Gasteiger partial charge in [0.2, 0.25) is 0 Å². The fraction of sp³-hybridized carbons (Fsp3) is 0.417. The van der Waals surface area contributed by atoms with Crippen LogP contribution in [0, 0.1) is 0 Å². The summed E-state index contributed by atoms with van der Waals surface area (Å²) in [7, 11) is 1.63. The zero-order chi connectivity index (χ0) is 13.7. The van der Waals surface area contributed by atoms with Gasteiger partial charge in [0.05, 0.1) is 17.7 Å². The molecular formula is C12H17ClN2O2S. The highest BCUT2D eigenvalue weighted by Crippen LogP contribution is 2.28. The van der Waals surface area contributed by atoms with Gasteiger partial charge in [-0.05, 0) is 31.4 Å². The Morgan fingerprint density at radius 2 is 2.28 bits per heavy atom. The van der Waals surface area contributed by atoms with Gasteiger partial charge in [0.15, 0.2) is 0 Å². The van der Waals surface area contributed by atoms with E-state index in [1.807, 2.05) is 12.3 Å². The summed E-state index contributed by atoms with van der Waals surface area (Å²) in [6.07, 6.45) is 1.94. The van der Waals surface area contributed by atoms with E-state index < -0.39 is 0 Å². The van der Waals surface area contributed by atoms with Gasteiger partial charge in [-0.25, -0.2) is 4.79 Å². The van der Waals surface area contributed by atoms with Gasteiger partial charge in [-0.15, -0.1) is 11.8 Å². The Hall–Kier alpha value is -0.910. The van der Waals surface area contributed by atoms with Crippen molar-refractivity contribution in [3.63, 3.8) is 0 Å². The highest BCUT2D eigenvalue weighted by Gasteiger charge is 2.15. The zero-order valence-corrected chi connectivity index (χ0v) is 12.2. The molecule has 1 unspecified atom stereocenters. The van der Waals surface area contributed by atoms with Crippen LogP contribution in [0.1, 0.15) is 6.92 Å². The van der Waals surface area contributed by atoms with Gasteiger partial charge >= 0.3 is 6.03 Å². The predicted octanol–water partition coefficient (Wildman–Crippen LogP) is 2.91. The first-order valence-electron chi connectivity index (χ1n) is 5.47. The van der Waals surface area contributed by atoms with Crippen molar-refractivity contribution >= 4 is 35.1 Å². The van der Waals surface area contributed by atoms with Gasteiger partial charge in [-0.1, -0.05) is 11.6 Å². The maximum absolute atomic E-state index is 11.8. The fourth-order valence-corrected chi connectivity index (χ4v) is 2.15. The molecule has 2 amide bonds. The Bertz CT molecular complexity index is 429. The van der Waals surface area contributed by atoms with E-state index in [1.54, 1.807) is 37.9 Å². The maximum atomic E-state index is 11.8. The topological polar surface area (TPSA) is 52.6 Å². The van der Waals surface area contributed by atoms with Crippen LogP contribution in [0.25, 0.3) is 0 Å². The average Bonchev–Trinajstić information content (AvgIpc) is 2.37. The molecule has 0 aliphatic carbocycles. The third kappa shape index (κ3) is 3.80. The van der Waals surface area contributed by atoms with Crippen LogP contribution in [0.4, 0.5) is 10.5 Å². The van der Waals surface area contributed by atoms with Crippen LogP contribution in [-0.4, -0.2) is 42.0 Å². The van der Waals surface area contributed by atoms with Gasteiger partial charge in [-0.2, -0.15) is 0 Å². The molecule has 6 heteroatoms. The second-order valence-corrected chi connectivity index (χ2v) is 5.18. The minimum Gasteiger partial charge on any atom is -0.394 e. The molecule has 1 aromatic carbocycles. The summed E-state index contributed by atoms with van der Waals surface area (Å²) in [4.78, 5) is 14.2. The second-order valence-electron chi connectivity index (χ2n) is 3.92. The summed E-state index contributed by atoms with van der Waals surface area (Å²) in [5, 5.41) is 12.3. The molecular weight excluding hydrogens is 272 g/mol. The Morgan fingerprint density at radius 3 is 2.78 bits per heavy atom. The Labute approximate surface area is 116 Å². The number of benzene rings is 1. The van der Waals surface area contributed by atoms with E-state index in [0.29, 0.717) is 10.7 Å². The van der Waals surface area contributed by atoms with Crippen LogP contribution in [0.2, 0.25) is 5.02 Å². The zero-order valence-electron chi connectivity index (χ0n) is 10.6. The van der Waals surface area contributed by atoms with Crippen molar-refractivity contribution in [3.05, 3.63) is 23.2 Å². The van der Waals surface area contributed by atoms with Crippen molar-refractivity contribution in [1.29, 1.82) is 0 Å². The van der Waals surface area contributed by atoms with Crippen LogP contribution >= 0.6 is 23.4 Å². The third-order valence-corrected chi connectivity index (χ3v) is 3.87. The van der Waals surface area contributed by atoms with Crippen molar-refractivity contribution in [2.24, 2.45) is 0 Å². The number of aliphatic hydroxyl groups is 1. The van der Waals surface area contributed by atoms with Crippen molar-refractivity contribution < 1.29 is 9.90 Å². The van der Waals surface area contributed by atoms with Gasteiger partial charge in [0.1, 0.15) is 0 Å². The largest absolute Gasteiger partial charge is 0.394 e. The Morgan fingerprint density at radius 1 is 1.61 bits per heavy atom. The molecule has 0 saturated heterocycles. The monoisotopic (exact) mass is 288 g/mol. The molecule has 0 fully saturated rings. The van der Waals surface area contributed by atoms with Crippen molar-refractivity contribution in [1.82, 2.24) is 4.90 Å². The number of carbonyl (C=O) groups excluding carboxylic acids is 1. The number of hydrogen-bond donors (Lipinski definition) is 2. The normalized spacial score (nSPS) is 12.1. The molecule has 18 heavy (non-hydrogen) atoms. The van der Waals surface area contributed by atoms with Crippen LogP contribution in [0.3, 0.4) is 0 Å². The number of carbonyl (C=O) groups is 1. The number of amides is 2. The molecule has 4 nitrogen and oxygen atoms in total. The van der Waals surface area contributed by atoms with Crippen molar-refractivity contribution in [2.45, 2.75) is 17.9 Å². The first-order valence-corrected chi connectivity index (χ1v) is 7.08. The minimum absolute atomic E-state index is 0.0733. The lowest BCUT2D eigenvalue weighted by atomic mass is 10.3. The van der Waals surface area contributed by atoms with E-state index >= 15 is 0 Å². The molecule has 1 atom stereocenters. The van der Waals surface area contributed by atoms with E-state index in [-0.39, 0.29) is 18.7 Å². The summed E-state index contributed by atoms with van der Waals surface area (Å²) in [6.45, 7) is 1.69. The van der Waals surface area contributed by atoms with Gasteiger partial charge < -0.3 is 15.3 Å². The van der Waals surface area contributed by atoms with Crippen molar-refractivity contribution in [2.75, 3.05) is 25.2 Å². The first-order chi connectivity index (χ1) is 8.49. The molecule has 0 spiro atoms. The number of nitrogens with one attached hydrogen (secondary N) is 1. The van der Waals surface area contributed by atoms with Gasteiger partial charge in [-0.3, -0.25) is 0 Å². The molecule has 100 valence electrons. The number of nitrogens with zero attached hydrogens (tertiary/aromatic N) is 1. The molecule has 0 bridgehead atoms. The smallest absolute Gasteiger partial charge is 0.321 e. The van der Waals surface area contributed by atoms with Crippen LogP contribution < -0.4 is 5.32 Å².